The predicted octanol–water partition coefficient (Wildman–Crippen LogP) is 24.6. The van der Waals surface area contributed by atoms with Crippen molar-refractivity contribution < 1.29 is 28.6 Å². The fourth-order valence-corrected chi connectivity index (χ4v) is 9.94. The van der Waals surface area contributed by atoms with Crippen LogP contribution in [-0.4, -0.2) is 37.2 Å². The summed E-state index contributed by atoms with van der Waals surface area (Å²) in [5, 5.41) is 0. The summed E-state index contributed by atoms with van der Waals surface area (Å²) >= 11 is 0. The van der Waals surface area contributed by atoms with Crippen molar-refractivity contribution in [3.05, 3.63) is 109 Å². The molecule has 0 heterocycles. The van der Waals surface area contributed by atoms with Crippen molar-refractivity contribution in [3.63, 3.8) is 0 Å². The van der Waals surface area contributed by atoms with E-state index in [0.717, 1.165) is 122 Å². The van der Waals surface area contributed by atoms with Crippen molar-refractivity contribution >= 4 is 17.9 Å². The molecule has 0 radical (unpaired) electrons. The Kier molecular flexibility index (Phi) is 67.2. The van der Waals surface area contributed by atoms with E-state index in [0.29, 0.717) is 19.3 Å². The molecular weight excluding hydrogens is 1020 g/mol. The quantitative estimate of drug-likeness (QED) is 0.0261. The van der Waals surface area contributed by atoms with Gasteiger partial charge in [0.25, 0.3) is 0 Å². The molecule has 0 fully saturated rings. The van der Waals surface area contributed by atoms with Gasteiger partial charge >= 0.3 is 17.9 Å². The van der Waals surface area contributed by atoms with Crippen LogP contribution >= 0.6 is 0 Å². The SMILES string of the molecule is CC/C=C\C/C=C\C/C=C\C/C=C\C/C=C\CCCCCCCCCCCCCCCCCC(=O)OCC(COC(=O)CCCCCCC/C=C\CCCCCCCC)OC(=O)CCCCCCCC/C=C\C/C=C\C/C=C\CCCCC. The molecule has 6 heteroatoms. The number of rotatable bonds is 64. The standard InChI is InChI=1S/C77H132O6/c1-4-7-10-13-16-19-22-25-28-30-32-33-34-35-36-37-38-39-40-41-42-43-45-46-49-52-55-58-61-64-67-70-76(79)82-73-74(72-81-75(78)69-66-63-60-57-54-51-48-27-24-21-18-15-12-9-6-3)83-77(80)71-68-65-62-59-56-53-50-47-44-31-29-26-23-20-17-14-11-8-5-2/h7,10,16-17,19-20,25-29,32-33,35-36,44,47-48,74H,4-6,8-9,11-15,18,21-24,30-31,34,37-43,45-46,49-73H2,1-3H3/b10-7-,19-16-,20-17-,28-25-,29-26-,33-32-,36-35-,47-44-,48-27-. The smallest absolute Gasteiger partial charge is 0.306 e. The summed E-state index contributed by atoms with van der Waals surface area (Å²) in [6, 6.07) is 0. The molecule has 0 N–H and O–H groups in total. The molecule has 0 aliphatic carbocycles. The molecule has 0 aromatic rings. The van der Waals surface area contributed by atoms with Crippen molar-refractivity contribution in [3.8, 4) is 0 Å². The second-order valence-electron chi connectivity index (χ2n) is 23.4. The summed E-state index contributed by atoms with van der Waals surface area (Å²) < 4.78 is 17.0. The number of carbonyl (C=O) groups excluding carboxylic acids is 3. The van der Waals surface area contributed by atoms with Crippen LogP contribution in [0, 0.1) is 0 Å². The first-order valence-corrected chi connectivity index (χ1v) is 35.4. The van der Waals surface area contributed by atoms with Crippen molar-refractivity contribution in [2.75, 3.05) is 13.2 Å². The number of hydrogen-bond acceptors (Lipinski definition) is 6. The zero-order chi connectivity index (χ0) is 59.9. The fraction of sp³-hybridized carbons (Fsp3) is 0.727. The second kappa shape index (κ2) is 70.6. The number of carbonyl (C=O) groups is 3. The molecule has 0 rings (SSSR count). The summed E-state index contributed by atoms with van der Waals surface area (Å²) in [6.07, 6.45) is 96.8. The van der Waals surface area contributed by atoms with Crippen molar-refractivity contribution in [2.24, 2.45) is 0 Å². The van der Waals surface area contributed by atoms with Crippen LogP contribution < -0.4 is 0 Å². The van der Waals surface area contributed by atoms with Crippen molar-refractivity contribution in [1.82, 2.24) is 0 Å². The van der Waals surface area contributed by atoms with Gasteiger partial charge in [-0.1, -0.05) is 304 Å². The number of esters is 3. The van der Waals surface area contributed by atoms with Gasteiger partial charge in [0, 0.05) is 19.3 Å². The van der Waals surface area contributed by atoms with E-state index in [1.165, 1.54) is 180 Å². The Labute approximate surface area is 514 Å². The molecule has 0 aromatic heterocycles. The molecule has 0 aliphatic heterocycles. The van der Waals surface area contributed by atoms with Crippen LogP contribution in [0.4, 0.5) is 0 Å². The first-order chi connectivity index (χ1) is 41.0. The molecule has 0 bridgehead atoms. The zero-order valence-electron chi connectivity index (χ0n) is 54.7. The Morgan fingerprint density at radius 2 is 0.470 bits per heavy atom. The van der Waals surface area contributed by atoms with Gasteiger partial charge in [0.1, 0.15) is 13.2 Å². The first-order valence-electron chi connectivity index (χ1n) is 35.4. The molecule has 0 saturated heterocycles. The summed E-state index contributed by atoms with van der Waals surface area (Å²) in [5.41, 5.74) is 0. The van der Waals surface area contributed by atoms with Crippen LogP contribution in [0.3, 0.4) is 0 Å². The minimum absolute atomic E-state index is 0.0844. The van der Waals surface area contributed by atoms with Gasteiger partial charge in [-0.15, -0.1) is 0 Å². The lowest BCUT2D eigenvalue weighted by Crippen LogP contribution is -2.30. The Morgan fingerprint density at radius 1 is 0.253 bits per heavy atom. The highest BCUT2D eigenvalue weighted by molar-refractivity contribution is 5.71. The summed E-state index contributed by atoms with van der Waals surface area (Å²) in [6.45, 7) is 6.51. The first kappa shape index (κ1) is 79.1. The Balaban J connectivity index is 4.28. The Morgan fingerprint density at radius 3 is 0.771 bits per heavy atom. The maximum absolute atomic E-state index is 12.9. The molecular formula is C77H132O6. The van der Waals surface area contributed by atoms with Crippen LogP contribution in [0.25, 0.3) is 0 Å². The van der Waals surface area contributed by atoms with Gasteiger partial charge in [0.15, 0.2) is 6.10 Å². The molecule has 1 unspecified atom stereocenters. The van der Waals surface area contributed by atoms with Gasteiger partial charge in [-0.25, -0.2) is 0 Å². The molecule has 83 heavy (non-hydrogen) atoms. The molecule has 0 aliphatic rings. The number of allylic oxidation sites excluding steroid dienone is 18. The Bertz CT molecular complexity index is 1660. The molecule has 6 nitrogen and oxygen atoms in total. The monoisotopic (exact) mass is 1150 g/mol. The van der Waals surface area contributed by atoms with Crippen molar-refractivity contribution in [2.45, 2.75) is 348 Å². The van der Waals surface area contributed by atoms with Gasteiger partial charge in [-0.05, 0) is 128 Å². The third-order valence-electron chi connectivity index (χ3n) is 15.2. The molecule has 1 atom stereocenters. The van der Waals surface area contributed by atoms with E-state index in [1.54, 1.807) is 0 Å². The third kappa shape index (κ3) is 68.7. The molecule has 0 amide bonds. The average molecular weight is 1150 g/mol. The van der Waals surface area contributed by atoms with Crippen molar-refractivity contribution in [1.29, 1.82) is 0 Å². The van der Waals surface area contributed by atoms with Crippen LogP contribution in [0.1, 0.15) is 342 Å². The highest BCUT2D eigenvalue weighted by Crippen LogP contribution is 2.17. The van der Waals surface area contributed by atoms with Gasteiger partial charge < -0.3 is 14.2 Å². The second-order valence-corrected chi connectivity index (χ2v) is 23.4. The summed E-state index contributed by atoms with van der Waals surface area (Å²) in [4.78, 5) is 38.4. The van der Waals surface area contributed by atoms with Gasteiger partial charge in [-0.2, -0.15) is 0 Å². The molecule has 0 spiro atoms. The van der Waals surface area contributed by atoms with Gasteiger partial charge in [-0.3, -0.25) is 14.4 Å². The topological polar surface area (TPSA) is 78.9 Å². The minimum atomic E-state index is -0.790. The molecule has 0 aromatic carbocycles. The maximum Gasteiger partial charge on any atom is 0.306 e. The lowest BCUT2D eigenvalue weighted by atomic mass is 10.0. The lowest BCUT2D eigenvalue weighted by Gasteiger charge is -2.18. The highest BCUT2D eigenvalue weighted by Gasteiger charge is 2.19. The van der Waals surface area contributed by atoms with E-state index in [9.17, 15) is 14.4 Å². The van der Waals surface area contributed by atoms with Crippen LogP contribution in [-0.2, 0) is 28.6 Å². The van der Waals surface area contributed by atoms with Crippen LogP contribution in [0.2, 0.25) is 0 Å². The van der Waals surface area contributed by atoms with Gasteiger partial charge in [0.2, 0.25) is 0 Å². The van der Waals surface area contributed by atoms with E-state index >= 15 is 0 Å². The maximum atomic E-state index is 12.9. The number of ether oxygens (including phenoxy) is 3. The predicted molar refractivity (Wildman–Crippen MR) is 362 cm³/mol. The normalized spacial score (nSPS) is 12.8. The van der Waals surface area contributed by atoms with Crippen LogP contribution in [0.5, 0.6) is 0 Å². The van der Waals surface area contributed by atoms with Gasteiger partial charge in [0.05, 0.1) is 0 Å². The lowest BCUT2D eigenvalue weighted by molar-refractivity contribution is -0.167. The van der Waals surface area contributed by atoms with Crippen LogP contribution in [0.15, 0.2) is 109 Å². The summed E-state index contributed by atoms with van der Waals surface area (Å²) in [5.74, 6) is -0.892. The number of unbranched alkanes of at least 4 members (excludes halogenated alkanes) is 35. The molecule has 0 saturated carbocycles. The zero-order valence-corrected chi connectivity index (χ0v) is 54.7. The average Bonchev–Trinajstić information content (AvgIpc) is 3.49. The fourth-order valence-electron chi connectivity index (χ4n) is 9.94. The van der Waals surface area contributed by atoms with E-state index in [2.05, 4.69) is 130 Å². The van der Waals surface area contributed by atoms with E-state index in [4.69, 9.17) is 14.2 Å². The molecule has 476 valence electrons. The third-order valence-corrected chi connectivity index (χ3v) is 15.2. The van der Waals surface area contributed by atoms with E-state index < -0.39 is 6.10 Å². The largest absolute Gasteiger partial charge is 0.462 e. The van der Waals surface area contributed by atoms with E-state index in [-0.39, 0.29) is 31.1 Å². The van der Waals surface area contributed by atoms with E-state index in [1.807, 2.05) is 0 Å². The Hall–Kier alpha value is -3.93. The highest BCUT2D eigenvalue weighted by atomic mass is 16.6. The minimum Gasteiger partial charge on any atom is -0.462 e. The summed E-state index contributed by atoms with van der Waals surface area (Å²) in [7, 11) is 0. The number of hydrogen-bond donors (Lipinski definition) is 0.